The predicted octanol–water partition coefficient (Wildman–Crippen LogP) is 3.24. The van der Waals surface area contributed by atoms with Crippen molar-refractivity contribution in [2.75, 3.05) is 54.6 Å². The van der Waals surface area contributed by atoms with Crippen molar-refractivity contribution in [2.24, 2.45) is 4.99 Å². The maximum atomic E-state index is 5.74. The van der Waals surface area contributed by atoms with E-state index in [1.165, 1.54) is 19.3 Å². The van der Waals surface area contributed by atoms with Crippen LogP contribution in [0.3, 0.4) is 0 Å². The summed E-state index contributed by atoms with van der Waals surface area (Å²) in [5, 5.41) is 6.87. The van der Waals surface area contributed by atoms with E-state index < -0.39 is 0 Å². The topological polar surface area (TPSA) is 80.5 Å². The Morgan fingerprint density at radius 3 is 2.34 bits per heavy atom. The maximum Gasteiger partial charge on any atom is 0.191 e. The first-order valence-corrected chi connectivity index (χ1v) is 11.2. The zero-order valence-corrected chi connectivity index (χ0v) is 19.6. The second-order valence-corrected chi connectivity index (χ2v) is 7.77. The highest BCUT2D eigenvalue weighted by molar-refractivity contribution is 5.79. The number of benzene rings is 1. The van der Waals surface area contributed by atoms with Crippen molar-refractivity contribution in [3.63, 3.8) is 0 Å². The lowest BCUT2D eigenvalue weighted by Crippen LogP contribution is -2.44. The summed E-state index contributed by atoms with van der Waals surface area (Å²) in [5.74, 6) is 3.94. The van der Waals surface area contributed by atoms with Crippen LogP contribution in [-0.4, -0.2) is 65.4 Å². The van der Waals surface area contributed by atoms with Gasteiger partial charge in [0.05, 0.1) is 33.6 Å². The third-order valence-electron chi connectivity index (χ3n) is 5.87. The van der Waals surface area contributed by atoms with Gasteiger partial charge in [-0.1, -0.05) is 6.42 Å². The molecule has 1 unspecified atom stereocenters. The van der Waals surface area contributed by atoms with Gasteiger partial charge in [-0.3, -0.25) is 9.89 Å². The van der Waals surface area contributed by atoms with E-state index >= 15 is 0 Å². The van der Waals surface area contributed by atoms with E-state index in [0.29, 0.717) is 18.7 Å². The van der Waals surface area contributed by atoms with Crippen LogP contribution in [0.25, 0.3) is 0 Å². The molecule has 3 rings (SSSR count). The standard InChI is InChI=1S/C24H36N4O4/c1-25-24(26-11-10-19-22(30-3)15-18(29-2)16-23(19)31-4)27-17-20(21-9-8-14-32-21)28-12-6-5-7-13-28/h8-9,14-16,20H,5-7,10-13,17H2,1-4H3,(H2,25,26,27). The molecule has 2 N–H and O–H groups in total. The van der Waals surface area contributed by atoms with Gasteiger partial charge in [0.25, 0.3) is 0 Å². The molecule has 0 radical (unpaired) electrons. The van der Waals surface area contributed by atoms with Crippen LogP contribution >= 0.6 is 0 Å². The zero-order chi connectivity index (χ0) is 22.8. The molecule has 0 spiro atoms. The van der Waals surface area contributed by atoms with E-state index in [9.17, 15) is 0 Å². The number of ether oxygens (including phenoxy) is 3. The molecule has 1 aliphatic heterocycles. The van der Waals surface area contributed by atoms with Crippen LogP contribution in [0.1, 0.15) is 36.6 Å². The van der Waals surface area contributed by atoms with E-state index in [2.05, 4.69) is 26.6 Å². The number of methoxy groups -OCH3 is 3. The van der Waals surface area contributed by atoms with Crippen molar-refractivity contribution in [2.45, 2.75) is 31.7 Å². The lowest BCUT2D eigenvalue weighted by Gasteiger charge is -2.33. The minimum atomic E-state index is 0.186. The van der Waals surface area contributed by atoms with Crippen molar-refractivity contribution in [3.05, 3.63) is 41.9 Å². The number of hydrogen-bond donors (Lipinski definition) is 2. The Kier molecular flexibility index (Phi) is 9.10. The molecule has 176 valence electrons. The molecule has 2 heterocycles. The monoisotopic (exact) mass is 444 g/mol. The first-order valence-electron chi connectivity index (χ1n) is 11.2. The molecule has 1 atom stereocenters. The smallest absolute Gasteiger partial charge is 0.191 e. The average molecular weight is 445 g/mol. The van der Waals surface area contributed by atoms with Gasteiger partial charge in [-0.25, -0.2) is 0 Å². The second-order valence-electron chi connectivity index (χ2n) is 7.77. The number of furan rings is 1. The van der Waals surface area contributed by atoms with E-state index in [1.54, 1.807) is 34.6 Å². The van der Waals surface area contributed by atoms with Gasteiger partial charge < -0.3 is 29.3 Å². The summed E-state index contributed by atoms with van der Waals surface area (Å²) in [4.78, 5) is 6.89. The summed E-state index contributed by atoms with van der Waals surface area (Å²) in [6.45, 7) is 3.59. The van der Waals surface area contributed by atoms with Crippen molar-refractivity contribution in [1.82, 2.24) is 15.5 Å². The van der Waals surface area contributed by atoms with Gasteiger partial charge in [0.1, 0.15) is 23.0 Å². The van der Waals surface area contributed by atoms with Gasteiger partial charge >= 0.3 is 0 Å². The Labute approximate surface area is 190 Å². The minimum absolute atomic E-state index is 0.186. The van der Waals surface area contributed by atoms with Crippen molar-refractivity contribution >= 4 is 5.96 Å². The Hall–Kier alpha value is -2.87. The normalized spacial score (nSPS) is 15.8. The number of hydrogen-bond acceptors (Lipinski definition) is 6. The van der Waals surface area contributed by atoms with Crippen LogP contribution in [-0.2, 0) is 6.42 Å². The molecule has 0 amide bonds. The van der Waals surface area contributed by atoms with Gasteiger partial charge in [-0.05, 0) is 44.5 Å². The van der Waals surface area contributed by atoms with Gasteiger partial charge in [0, 0.05) is 37.8 Å². The maximum absolute atomic E-state index is 5.74. The molecule has 2 aromatic rings. The summed E-state index contributed by atoms with van der Waals surface area (Å²) in [6.07, 6.45) is 6.22. The predicted molar refractivity (Wildman–Crippen MR) is 126 cm³/mol. The van der Waals surface area contributed by atoms with E-state index in [0.717, 1.165) is 48.4 Å². The zero-order valence-electron chi connectivity index (χ0n) is 19.6. The van der Waals surface area contributed by atoms with Crippen LogP contribution in [0.4, 0.5) is 0 Å². The fourth-order valence-corrected chi connectivity index (χ4v) is 4.16. The summed E-state index contributed by atoms with van der Waals surface area (Å²) in [7, 11) is 6.72. The molecule has 0 saturated carbocycles. The molecule has 8 heteroatoms. The number of aliphatic imine (C=N–C) groups is 1. The van der Waals surface area contributed by atoms with Gasteiger partial charge in [0.2, 0.25) is 0 Å². The molecule has 8 nitrogen and oxygen atoms in total. The summed E-state index contributed by atoms with van der Waals surface area (Å²) in [5.41, 5.74) is 0.987. The first-order chi connectivity index (χ1) is 15.7. The van der Waals surface area contributed by atoms with Gasteiger partial charge in [-0.15, -0.1) is 0 Å². The number of nitrogens with one attached hydrogen (secondary N) is 2. The number of nitrogens with zero attached hydrogens (tertiary/aromatic N) is 2. The van der Waals surface area contributed by atoms with Crippen LogP contribution in [0.5, 0.6) is 17.2 Å². The Balaban J connectivity index is 1.59. The number of rotatable bonds is 10. The van der Waals surface area contributed by atoms with Crippen molar-refractivity contribution in [1.29, 1.82) is 0 Å². The Bertz CT molecular complexity index is 823. The van der Waals surface area contributed by atoms with E-state index in [-0.39, 0.29) is 6.04 Å². The minimum Gasteiger partial charge on any atom is -0.496 e. The highest BCUT2D eigenvalue weighted by atomic mass is 16.5. The van der Waals surface area contributed by atoms with Gasteiger partial charge in [0.15, 0.2) is 5.96 Å². The van der Waals surface area contributed by atoms with Crippen molar-refractivity contribution in [3.8, 4) is 17.2 Å². The number of guanidine groups is 1. The van der Waals surface area contributed by atoms with Crippen LogP contribution in [0.2, 0.25) is 0 Å². The Morgan fingerprint density at radius 1 is 1.06 bits per heavy atom. The molecular weight excluding hydrogens is 408 g/mol. The SMILES string of the molecule is CN=C(NCCc1c(OC)cc(OC)cc1OC)NCC(c1ccco1)N1CCCCC1. The summed E-state index contributed by atoms with van der Waals surface area (Å²) in [6, 6.07) is 7.94. The average Bonchev–Trinajstić information content (AvgIpc) is 3.38. The fourth-order valence-electron chi connectivity index (χ4n) is 4.16. The first kappa shape index (κ1) is 23.8. The fraction of sp³-hybridized carbons (Fsp3) is 0.542. The molecule has 1 aromatic carbocycles. The van der Waals surface area contributed by atoms with Crippen LogP contribution in [0, 0.1) is 0 Å². The summed E-state index contributed by atoms with van der Waals surface area (Å²) >= 11 is 0. The highest BCUT2D eigenvalue weighted by Gasteiger charge is 2.24. The molecular formula is C24H36N4O4. The van der Waals surface area contributed by atoms with Gasteiger partial charge in [-0.2, -0.15) is 0 Å². The number of likely N-dealkylation sites (tertiary alicyclic amines) is 1. The van der Waals surface area contributed by atoms with Crippen LogP contribution in [0.15, 0.2) is 39.9 Å². The molecule has 1 aromatic heterocycles. The second kappa shape index (κ2) is 12.2. The quantitative estimate of drug-likeness (QED) is 0.430. The number of piperidine rings is 1. The molecule has 1 saturated heterocycles. The molecule has 0 aliphatic carbocycles. The van der Waals surface area contributed by atoms with E-state index in [4.69, 9.17) is 18.6 Å². The van der Waals surface area contributed by atoms with Crippen LogP contribution < -0.4 is 24.8 Å². The Morgan fingerprint density at radius 2 is 1.78 bits per heavy atom. The molecule has 1 aliphatic rings. The molecule has 0 bridgehead atoms. The highest BCUT2D eigenvalue weighted by Crippen LogP contribution is 2.34. The lowest BCUT2D eigenvalue weighted by atomic mass is 10.1. The lowest BCUT2D eigenvalue weighted by molar-refractivity contribution is 0.146. The third-order valence-corrected chi connectivity index (χ3v) is 5.87. The largest absolute Gasteiger partial charge is 0.496 e. The van der Waals surface area contributed by atoms with E-state index in [1.807, 2.05) is 18.2 Å². The third kappa shape index (κ3) is 6.09. The summed E-state index contributed by atoms with van der Waals surface area (Å²) < 4.78 is 22.2. The van der Waals surface area contributed by atoms with Crippen molar-refractivity contribution < 1.29 is 18.6 Å². The molecule has 1 fully saturated rings. The molecule has 32 heavy (non-hydrogen) atoms.